The molecule has 0 spiro atoms. The first-order valence-electron chi connectivity index (χ1n) is 19.7. The summed E-state index contributed by atoms with van der Waals surface area (Å²) in [6.07, 6.45) is 0. The quantitative estimate of drug-likeness (QED) is 0.176. The molecule has 0 unspecified atom stereocenters. The van der Waals surface area contributed by atoms with Crippen LogP contribution in [0.1, 0.15) is 49.9 Å². The van der Waals surface area contributed by atoms with Gasteiger partial charge in [0.25, 0.3) is 0 Å². The molecule has 0 atom stereocenters. The second-order valence-corrected chi connectivity index (χ2v) is 16.5. The maximum atomic E-state index is 6.64. The van der Waals surface area contributed by atoms with Gasteiger partial charge in [0, 0.05) is 33.0 Å². The van der Waals surface area contributed by atoms with E-state index in [9.17, 15) is 0 Å². The molecule has 2 aliphatic rings. The summed E-state index contributed by atoms with van der Waals surface area (Å²) in [5, 5.41) is 2.23. The van der Waals surface area contributed by atoms with Gasteiger partial charge in [-0.25, -0.2) is 0 Å². The molecule has 0 saturated heterocycles. The van der Waals surface area contributed by atoms with Gasteiger partial charge in [-0.15, -0.1) is 0 Å². The zero-order chi connectivity index (χ0) is 37.8. The molecule has 0 fully saturated rings. The number of hydrogen-bond donors (Lipinski definition) is 0. The fourth-order valence-electron chi connectivity index (χ4n) is 9.90. The van der Waals surface area contributed by atoms with Crippen LogP contribution in [-0.2, 0) is 10.8 Å². The third kappa shape index (κ3) is 4.69. The first-order chi connectivity index (χ1) is 27.3. The van der Waals surface area contributed by atoms with Crippen molar-refractivity contribution >= 4 is 39.0 Å². The molecule has 268 valence electrons. The van der Waals surface area contributed by atoms with Crippen molar-refractivity contribution in [1.29, 1.82) is 0 Å². The summed E-state index contributed by atoms with van der Waals surface area (Å²) in [6, 6.07) is 64.4. The van der Waals surface area contributed by atoms with Gasteiger partial charge in [-0.05, 0) is 109 Å². The number of hydrogen-bond acceptors (Lipinski definition) is 2. The predicted octanol–water partition coefficient (Wildman–Crippen LogP) is 15.0. The van der Waals surface area contributed by atoms with Crippen molar-refractivity contribution in [3.05, 3.63) is 198 Å². The molecular weight excluding hydrogens is 679 g/mol. The molecule has 9 aromatic rings. The van der Waals surface area contributed by atoms with E-state index in [1.165, 1.54) is 66.8 Å². The van der Waals surface area contributed by atoms with E-state index in [1.54, 1.807) is 0 Å². The molecule has 2 heteroatoms. The highest BCUT2D eigenvalue weighted by atomic mass is 16.3. The summed E-state index contributed by atoms with van der Waals surface area (Å²) in [7, 11) is 0. The van der Waals surface area contributed by atoms with Crippen molar-refractivity contribution in [2.45, 2.75) is 38.5 Å². The van der Waals surface area contributed by atoms with Crippen LogP contribution in [0.3, 0.4) is 0 Å². The SMILES string of the molecule is CC1(C)c2ccccc2-c2ccc(-c3ccc(N(c4ccc(-c5cccc6c5C(C)(C)c5ccccc5-6)cc4)c4cccc5c4oc4ccccc45)cc3)cc21. The molecule has 1 aromatic heterocycles. The molecule has 2 nitrogen and oxygen atoms in total. The minimum absolute atomic E-state index is 0.0460. The standard InChI is InChI=1S/C54H41NO/c1-53(2)46-19-8-5-13-40(46)42-32-27-36(33-48(42)53)34-23-28-37(29-24-34)55(49-21-12-18-45-43-15-7-10-22-50(43)56-52(45)49)38-30-25-35(26-31-38)39-16-11-17-44-41-14-6-9-20-47(41)54(3,4)51(39)44/h5-33H,1-4H3. The number of furan rings is 1. The normalized spacial score (nSPS) is 14.4. The number of nitrogens with zero attached hydrogens (tertiary/aromatic N) is 1. The van der Waals surface area contributed by atoms with Crippen molar-refractivity contribution in [2.24, 2.45) is 0 Å². The summed E-state index contributed by atoms with van der Waals surface area (Å²) in [6.45, 7) is 9.41. The van der Waals surface area contributed by atoms with Gasteiger partial charge < -0.3 is 9.32 Å². The molecule has 0 bridgehead atoms. The van der Waals surface area contributed by atoms with Crippen molar-refractivity contribution in [3.8, 4) is 44.5 Å². The van der Waals surface area contributed by atoms with Gasteiger partial charge in [0.05, 0.1) is 5.69 Å². The Morgan fingerprint density at radius 3 is 1.68 bits per heavy atom. The Morgan fingerprint density at radius 2 is 0.929 bits per heavy atom. The topological polar surface area (TPSA) is 16.4 Å². The van der Waals surface area contributed by atoms with Gasteiger partial charge in [-0.2, -0.15) is 0 Å². The first kappa shape index (κ1) is 32.8. The summed E-state index contributed by atoms with van der Waals surface area (Å²) in [4.78, 5) is 2.34. The van der Waals surface area contributed by atoms with Crippen LogP contribution in [0.5, 0.6) is 0 Å². The van der Waals surface area contributed by atoms with Crippen LogP contribution >= 0.6 is 0 Å². The lowest BCUT2D eigenvalue weighted by molar-refractivity contribution is 0.660. The Morgan fingerprint density at radius 1 is 0.393 bits per heavy atom. The summed E-state index contributed by atoms with van der Waals surface area (Å²) >= 11 is 0. The largest absolute Gasteiger partial charge is 0.454 e. The molecule has 0 amide bonds. The monoisotopic (exact) mass is 719 g/mol. The molecular formula is C54H41NO. The average molecular weight is 720 g/mol. The highest BCUT2D eigenvalue weighted by Gasteiger charge is 2.38. The van der Waals surface area contributed by atoms with Gasteiger partial charge in [0.2, 0.25) is 0 Å². The van der Waals surface area contributed by atoms with Gasteiger partial charge in [0.15, 0.2) is 5.58 Å². The van der Waals surface area contributed by atoms with Crippen LogP contribution in [-0.4, -0.2) is 0 Å². The highest BCUT2D eigenvalue weighted by Crippen LogP contribution is 2.53. The van der Waals surface area contributed by atoms with Crippen molar-refractivity contribution in [2.75, 3.05) is 4.90 Å². The van der Waals surface area contributed by atoms with E-state index in [4.69, 9.17) is 4.42 Å². The number of para-hydroxylation sites is 2. The predicted molar refractivity (Wildman–Crippen MR) is 234 cm³/mol. The smallest absolute Gasteiger partial charge is 0.159 e. The van der Waals surface area contributed by atoms with Crippen LogP contribution in [0.25, 0.3) is 66.4 Å². The van der Waals surface area contributed by atoms with Gasteiger partial charge in [-0.3, -0.25) is 0 Å². The van der Waals surface area contributed by atoms with E-state index in [-0.39, 0.29) is 10.8 Å². The highest BCUT2D eigenvalue weighted by molar-refractivity contribution is 6.10. The summed E-state index contributed by atoms with van der Waals surface area (Å²) in [5.41, 5.74) is 20.6. The second kappa shape index (κ2) is 11.9. The van der Waals surface area contributed by atoms with E-state index in [0.717, 1.165) is 39.0 Å². The van der Waals surface area contributed by atoms with Gasteiger partial charge >= 0.3 is 0 Å². The molecule has 0 N–H and O–H groups in total. The molecule has 0 aliphatic heterocycles. The Kier molecular flexibility index (Phi) is 6.98. The maximum absolute atomic E-state index is 6.64. The van der Waals surface area contributed by atoms with Crippen LogP contribution < -0.4 is 4.90 Å². The molecule has 1 heterocycles. The number of benzene rings is 8. The zero-order valence-electron chi connectivity index (χ0n) is 32.1. The van der Waals surface area contributed by atoms with E-state index >= 15 is 0 Å². The third-order valence-electron chi connectivity index (χ3n) is 12.7. The maximum Gasteiger partial charge on any atom is 0.159 e. The lowest BCUT2D eigenvalue weighted by Gasteiger charge is -2.27. The van der Waals surface area contributed by atoms with Gasteiger partial charge in [0.1, 0.15) is 5.58 Å². The minimum Gasteiger partial charge on any atom is -0.454 e. The molecule has 11 rings (SSSR count). The molecule has 0 saturated carbocycles. The molecule has 56 heavy (non-hydrogen) atoms. The van der Waals surface area contributed by atoms with Crippen molar-refractivity contribution < 1.29 is 4.42 Å². The Balaban J connectivity index is 1.02. The molecule has 2 aliphatic carbocycles. The van der Waals surface area contributed by atoms with E-state index in [2.05, 4.69) is 202 Å². The Hall–Kier alpha value is -6.64. The second-order valence-electron chi connectivity index (χ2n) is 16.5. The number of anilines is 3. The van der Waals surface area contributed by atoms with E-state index in [0.29, 0.717) is 0 Å². The molecule has 8 aromatic carbocycles. The zero-order valence-corrected chi connectivity index (χ0v) is 32.1. The minimum atomic E-state index is -0.0928. The van der Waals surface area contributed by atoms with Crippen LogP contribution in [0.2, 0.25) is 0 Å². The average Bonchev–Trinajstić information content (AvgIpc) is 3.82. The van der Waals surface area contributed by atoms with Crippen LogP contribution in [0.15, 0.2) is 180 Å². The summed E-state index contributed by atoms with van der Waals surface area (Å²) in [5.74, 6) is 0. The Bertz CT molecular complexity index is 3010. The summed E-state index contributed by atoms with van der Waals surface area (Å²) < 4.78 is 6.64. The fraction of sp³-hybridized carbons (Fsp3) is 0.111. The number of rotatable bonds is 5. The van der Waals surface area contributed by atoms with Crippen LogP contribution in [0.4, 0.5) is 17.1 Å². The number of fused-ring (bicyclic) bond motifs is 9. The fourth-order valence-corrected chi connectivity index (χ4v) is 9.90. The lowest BCUT2D eigenvalue weighted by atomic mass is 9.79. The lowest BCUT2D eigenvalue weighted by Crippen LogP contribution is -2.16. The van der Waals surface area contributed by atoms with E-state index < -0.39 is 0 Å². The van der Waals surface area contributed by atoms with Gasteiger partial charge in [-0.1, -0.05) is 161 Å². The van der Waals surface area contributed by atoms with Crippen molar-refractivity contribution in [1.82, 2.24) is 0 Å². The van der Waals surface area contributed by atoms with Crippen molar-refractivity contribution in [3.63, 3.8) is 0 Å². The molecule has 0 radical (unpaired) electrons. The Labute approximate surface area is 328 Å². The third-order valence-corrected chi connectivity index (χ3v) is 12.7. The first-order valence-corrected chi connectivity index (χ1v) is 19.7. The van der Waals surface area contributed by atoms with Crippen LogP contribution in [0, 0.1) is 0 Å². The van der Waals surface area contributed by atoms with E-state index in [1.807, 2.05) is 6.07 Å².